The van der Waals surface area contributed by atoms with Gasteiger partial charge in [-0.15, -0.1) is 0 Å². The van der Waals surface area contributed by atoms with Gasteiger partial charge in [-0.3, -0.25) is 19.6 Å². The van der Waals surface area contributed by atoms with E-state index in [9.17, 15) is 33.3 Å². The van der Waals surface area contributed by atoms with Gasteiger partial charge in [0.1, 0.15) is 18.2 Å². The molecule has 0 aliphatic heterocycles. The summed E-state index contributed by atoms with van der Waals surface area (Å²) in [5.41, 5.74) is 0.550. The molecule has 0 radical (unpaired) electrons. The van der Waals surface area contributed by atoms with Crippen molar-refractivity contribution >= 4 is 27.7 Å². The molecule has 0 bridgehead atoms. The fourth-order valence-corrected chi connectivity index (χ4v) is 4.78. The first kappa shape index (κ1) is 29.0. The summed E-state index contributed by atoms with van der Waals surface area (Å²) in [7, 11) is -3.04. The molecule has 1 aromatic rings. The molecule has 5 N–H and O–H groups in total. The SMILES string of the molecule is CNC(=O)[C@@H](NC(=O)[C@H](CC(C)C)[C@H](NS(=O)(=O)c1ccccc1C#N)C(=O)NO)C(C)(C)C. The van der Waals surface area contributed by atoms with Crippen molar-refractivity contribution in [3.63, 3.8) is 0 Å². The Hall–Kier alpha value is -3.01. The number of sulfonamides is 1. The number of benzene rings is 1. The highest BCUT2D eigenvalue weighted by molar-refractivity contribution is 7.89. The number of carbonyl (C=O) groups is 3. The number of hydrogen-bond donors (Lipinski definition) is 5. The normalized spacial score (nSPS) is 14.4. The molecule has 0 spiro atoms. The van der Waals surface area contributed by atoms with Gasteiger partial charge in [0.05, 0.1) is 16.4 Å². The van der Waals surface area contributed by atoms with Gasteiger partial charge in [0.2, 0.25) is 21.8 Å². The summed E-state index contributed by atoms with van der Waals surface area (Å²) in [6, 6.07) is 4.44. The Kier molecular flexibility index (Phi) is 10.2. The van der Waals surface area contributed by atoms with Crippen molar-refractivity contribution in [2.75, 3.05) is 7.05 Å². The highest BCUT2D eigenvalue weighted by Crippen LogP contribution is 2.24. The quantitative estimate of drug-likeness (QED) is 0.234. The summed E-state index contributed by atoms with van der Waals surface area (Å²) < 4.78 is 28.3. The maximum Gasteiger partial charge on any atom is 0.262 e. The van der Waals surface area contributed by atoms with Crippen LogP contribution in [0.3, 0.4) is 0 Å². The lowest BCUT2D eigenvalue weighted by atomic mass is 9.84. The molecule has 0 fully saturated rings. The summed E-state index contributed by atoms with van der Waals surface area (Å²) in [6.07, 6.45) is 0.0525. The lowest BCUT2D eigenvalue weighted by Crippen LogP contribution is -2.59. The number of likely N-dealkylation sites (N-methyl/N-ethyl adjacent to an activating group) is 1. The zero-order chi connectivity index (χ0) is 26.3. The zero-order valence-electron chi connectivity index (χ0n) is 20.2. The molecular weight excluding hydrogens is 462 g/mol. The van der Waals surface area contributed by atoms with Crippen molar-refractivity contribution in [1.29, 1.82) is 5.26 Å². The molecule has 0 saturated heterocycles. The molecule has 1 aromatic carbocycles. The van der Waals surface area contributed by atoms with Gasteiger partial charge in [-0.05, 0) is 29.9 Å². The molecule has 0 heterocycles. The van der Waals surface area contributed by atoms with E-state index in [2.05, 4.69) is 15.4 Å². The Morgan fingerprint density at radius 3 is 2.15 bits per heavy atom. The molecule has 3 amide bonds. The molecule has 12 heteroatoms. The summed E-state index contributed by atoms with van der Waals surface area (Å²) in [4.78, 5) is 37.9. The third-order valence-electron chi connectivity index (χ3n) is 5.10. The van der Waals surface area contributed by atoms with Crippen molar-refractivity contribution in [2.24, 2.45) is 17.3 Å². The third-order valence-corrected chi connectivity index (χ3v) is 6.60. The number of amides is 3. The van der Waals surface area contributed by atoms with E-state index in [1.54, 1.807) is 40.7 Å². The minimum absolute atomic E-state index is 0.0525. The first-order chi connectivity index (χ1) is 15.7. The van der Waals surface area contributed by atoms with Crippen LogP contribution in [-0.2, 0) is 24.4 Å². The zero-order valence-corrected chi connectivity index (χ0v) is 21.0. The molecule has 11 nitrogen and oxygen atoms in total. The van der Waals surface area contributed by atoms with E-state index in [-0.39, 0.29) is 22.8 Å². The van der Waals surface area contributed by atoms with Crippen molar-refractivity contribution in [2.45, 2.75) is 58.0 Å². The van der Waals surface area contributed by atoms with E-state index in [0.717, 1.165) is 0 Å². The Morgan fingerprint density at radius 2 is 1.68 bits per heavy atom. The minimum atomic E-state index is -4.45. The maximum atomic E-state index is 13.3. The van der Waals surface area contributed by atoms with Gasteiger partial charge in [-0.1, -0.05) is 46.8 Å². The largest absolute Gasteiger partial charge is 0.357 e. The molecule has 0 unspecified atom stereocenters. The fraction of sp³-hybridized carbons (Fsp3) is 0.545. The predicted molar refractivity (Wildman–Crippen MR) is 124 cm³/mol. The number of nitrogens with one attached hydrogen (secondary N) is 4. The Morgan fingerprint density at radius 1 is 1.09 bits per heavy atom. The molecule has 0 aliphatic carbocycles. The number of nitrogens with zero attached hydrogens (tertiary/aromatic N) is 1. The monoisotopic (exact) mass is 495 g/mol. The third kappa shape index (κ3) is 7.51. The van der Waals surface area contributed by atoms with E-state index in [1.807, 2.05) is 0 Å². The Balaban J connectivity index is 3.48. The molecular formula is C22H33N5O6S. The minimum Gasteiger partial charge on any atom is -0.357 e. The number of nitriles is 1. The molecule has 0 saturated carbocycles. The van der Waals surface area contributed by atoms with E-state index in [4.69, 9.17) is 0 Å². The van der Waals surface area contributed by atoms with Crippen LogP contribution in [0.25, 0.3) is 0 Å². The smallest absolute Gasteiger partial charge is 0.262 e. The average molecular weight is 496 g/mol. The summed E-state index contributed by atoms with van der Waals surface area (Å²) in [5, 5.41) is 23.7. The molecule has 188 valence electrons. The van der Waals surface area contributed by atoms with Crippen LogP contribution in [0.5, 0.6) is 0 Å². The Bertz CT molecular complexity index is 1040. The molecule has 0 aliphatic rings. The summed E-state index contributed by atoms with van der Waals surface area (Å²) in [6.45, 7) is 8.76. The van der Waals surface area contributed by atoms with E-state index >= 15 is 0 Å². The van der Waals surface area contributed by atoms with Crippen molar-refractivity contribution < 1.29 is 28.0 Å². The van der Waals surface area contributed by atoms with Crippen LogP contribution in [0.4, 0.5) is 0 Å². The van der Waals surface area contributed by atoms with Crippen LogP contribution in [0.15, 0.2) is 29.2 Å². The van der Waals surface area contributed by atoms with Gasteiger partial charge >= 0.3 is 0 Å². The highest BCUT2D eigenvalue weighted by atomic mass is 32.2. The molecule has 0 aromatic heterocycles. The first-order valence-corrected chi connectivity index (χ1v) is 12.1. The summed E-state index contributed by atoms with van der Waals surface area (Å²) in [5.74, 6) is -3.82. The van der Waals surface area contributed by atoms with Crippen molar-refractivity contribution in [3.05, 3.63) is 29.8 Å². The fourth-order valence-electron chi connectivity index (χ4n) is 3.38. The van der Waals surface area contributed by atoms with Crippen molar-refractivity contribution in [1.82, 2.24) is 20.8 Å². The van der Waals surface area contributed by atoms with Crippen LogP contribution < -0.4 is 20.8 Å². The van der Waals surface area contributed by atoms with Crippen LogP contribution in [0.2, 0.25) is 0 Å². The summed E-state index contributed by atoms with van der Waals surface area (Å²) >= 11 is 0. The van der Waals surface area contributed by atoms with Crippen LogP contribution in [0.1, 0.15) is 46.6 Å². The van der Waals surface area contributed by atoms with Gasteiger partial charge in [0.15, 0.2) is 0 Å². The highest BCUT2D eigenvalue weighted by Gasteiger charge is 2.41. The van der Waals surface area contributed by atoms with Gasteiger partial charge in [0.25, 0.3) is 5.91 Å². The van der Waals surface area contributed by atoms with E-state index in [1.165, 1.54) is 36.8 Å². The molecule has 3 atom stereocenters. The number of carbonyl (C=O) groups excluding carboxylic acids is 3. The van der Waals surface area contributed by atoms with Gasteiger partial charge < -0.3 is 10.6 Å². The second kappa shape index (κ2) is 11.9. The van der Waals surface area contributed by atoms with Crippen molar-refractivity contribution in [3.8, 4) is 6.07 Å². The topological polar surface area (TPSA) is 177 Å². The predicted octanol–water partition coefficient (Wildman–Crippen LogP) is 0.650. The maximum absolute atomic E-state index is 13.3. The standard InChI is InChI=1S/C22H33N5O6S/c1-13(2)11-15(19(28)25-18(21(30)24-6)22(3,4)5)17(20(29)26-31)27-34(32,33)16-10-8-7-9-14(16)12-23/h7-10,13,15,17-18,27,31H,11H2,1-6H3,(H,24,30)(H,25,28)(H,26,29)/t15-,17+,18-/m1/s1. The Labute approximate surface area is 200 Å². The van der Waals surface area contributed by atoms with Crippen LogP contribution >= 0.6 is 0 Å². The number of hydroxylamine groups is 1. The van der Waals surface area contributed by atoms with E-state index < -0.39 is 51.2 Å². The average Bonchev–Trinajstić information content (AvgIpc) is 2.77. The van der Waals surface area contributed by atoms with Gasteiger partial charge in [0, 0.05) is 7.05 Å². The van der Waals surface area contributed by atoms with E-state index in [0.29, 0.717) is 0 Å². The van der Waals surface area contributed by atoms with Crippen LogP contribution in [0, 0.1) is 28.6 Å². The lowest BCUT2D eigenvalue weighted by Gasteiger charge is -2.33. The second-order valence-corrected chi connectivity index (χ2v) is 11.0. The lowest BCUT2D eigenvalue weighted by molar-refractivity contribution is -0.139. The number of rotatable bonds is 10. The first-order valence-electron chi connectivity index (χ1n) is 10.7. The van der Waals surface area contributed by atoms with Gasteiger partial charge in [-0.25, -0.2) is 13.9 Å². The second-order valence-electron chi connectivity index (χ2n) is 9.34. The molecule has 34 heavy (non-hydrogen) atoms. The van der Waals surface area contributed by atoms with Gasteiger partial charge in [-0.2, -0.15) is 9.98 Å². The number of hydrogen-bond acceptors (Lipinski definition) is 7. The van der Waals surface area contributed by atoms with Crippen LogP contribution in [-0.4, -0.2) is 50.5 Å². The molecule has 1 rings (SSSR count).